The van der Waals surface area contributed by atoms with Crippen LogP contribution in [-0.4, -0.2) is 48.6 Å². The predicted molar refractivity (Wildman–Crippen MR) is 90.7 cm³/mol. The summed E-state index contributed by atoms with van der Waals surface area (Å²) in [6.45, 7) is 0.892. The number of carbonyl (C=O) groups is 1. The molecule has 2 aliphatic heterocycles. The highest BCUT2D eigenvalue weighted by Gasteiger charge is 2.39. The van der Waals surface area contributed by atoms with Gasteiger partial charge in [0.05, 0.1) is 12.3 Å². The molecular weight excluding hydrogens is 332 g/mol. The van der Waals surface area contributed by atoms with Crippen LogP contribution in [0.25, 0.3) is 0 Å². The van der Waals surface area contributed by atoms with Gasteiger partial charge in [-0.3, -0.25) is 20.1 Å². The lowest BCUT2D eigenvalue weighted by molar-refractivity contribution is -0.117. The van der Waals surface area contributed by atoms with Gasteiger partial charge in [0.15, 0.2) is 5.96 Å². The number of amides is 1. The molecule has 2 unspecified atom stereocenters. The van der Waals surface area contributed by atoms with Gasteiger partial charge >= 0.3 is 0 Å². The van der Waals surface area contributed by atoms with E-state index in [1.165, 1.54) is 12.0 Å². The molecule has 9 heteroatoms. The van der Waals surface area contributed by atoms with E-state index in [4.69, 9.17) is 15.7 Å². The highest BCUT2D eigenvalue weighted by molar-refractivity contribution is 7.85. The van der Waals surface area contributed by atoms with Crippen molar-refractivity contribution < 1.29 is 17.8 Å². The number of nitrogens with one attached hydrogen (secondary N) is 2. The normalized spacial score (nSPS) is 24.7. The largest absolute Gasteiger partial charge is 0.370 e. The fourth-order valence-electron chi connectivity index (χ4n) is 3.24. The lowest BCUT2D eigenvalue weighted by atomic mass is 9.88. The average molecular weight is 354 g/mol. The molecule has 1 aliphatic carbocycles. The molecule has 1 amide bonds. The average Bonchev–Trinajstić information content (AvgIpc) is 2.66. The van der Waals surface area contributed by atoms with E-state index in [-0.39, 0.29) is 17.8 Å². The number of hydrogen-bond acceptors (Lipinski definition) is 5. The molecule has 8 nitrogen and oxygen atoms in total. The first kappa shape index (κ1) is 18.2. The van der Waals surface area contributed by atoms with Crippen molar-refractivity contribution in [1.82, 2.24) is 10.2 Å². The minimum atomic E-state index is -3.67. The Morgan fingerprint density at radius 3 is 2.75 bits per heavy atom. The summed E-state index contributed by atoms with van der Waals surface area (Å²) in [6, 6.07) is 0.292. The van der Waals surface area contributed by atoms with E-state index in [2.05, 4.69) is 28.4 Å². The van der Waals surface area contributed by atoms with Crippen molar-refractivity contribution in [3.8, 4) is 0 Å². The summed E-state index contributed by atoms with van der Waals surface area (Å²) in [5, 5.41) is 9.57. The van der Waals surface area contributed by atoms with Crippen LogP contribution in [0.4, 0.5) is 0 Å². The van der Waals surface area contributed by atoms with Crippen LogP contribution >= 0.6 is 0 Å². The fraction of sp³-hybridized carbons (Fsp3) is 0.467. The van der Waals surface area contributed by atoms with E-state index in [0.717, 1.165) is 19.4 Å². The number of carbonyl (C=O) groups excluding carboxylic acids is 1. The third-order valence-corrected chi connectivity index (χ3v) is 3.98. The molecule has 3 aliphatic rings. The van der Waals surface area contributed by atoms with E-state index in [1.807, 2.05) is 6.08 Å². The minimum Gasteiger partial charge on any atom is -0.370 e. The topological polar surface area (TPSA) is 137 Å². The molecule has 2 heterocycles. The first-order valence-electron chi connectivity index (χ1n) is 7.60. The zero-order valence-corrected chi connectivity index (χ0v) is 14.2. The quantitative estimate of drug-likeness (QED) is 0.305. The molecular formula is C15H22N4O4S. The third kappa shape index (κ3) is 4.68. The summed E-state index contributed by atoms with van der Waals surface area (Å²) in [6.07, 6.45) is 12.5. The monoisotopic (exact) mass is 354 g/mol. The second-order valence-electron chi connectivity index (χ2n) is 5.95. The zero-order chi connectivity index (χ0) is 17.9. The lowest BCUT2D eigenvalue weighted by Crippen LogP contribution is -2.43. The van der Waals surface area contributed by atoms with E-state index >= 15 is 0 Å². The molecule has 0 radical (unpaired) electrons. The molecule has 0 spiro atoms. The highest BCUT2D eigenvalue weighted by Crippen LogP contribution is 2.39. The SMILES string of the molecule is CS(=O)(=O)O.N=C(N)NC(=O)C1=CC2C=CC=C3CCCCN1C32. The molecule has 2 atom stereocenters. The number of hydrogen-bond donors (Lipinski definition) is 4. The van der Waals surface area contributed by atoms with Gasteiger partial charge in [0.25, 0.3) is 16.0 Å². The molecule has 0 bridgehead atoms. The van der Waals surface area contributed by atoms with Crippen LogP contribution in [0.1, 0.15) is 19.3 Å². The fourth-order valence-corrected chi connectivity index (χ4v) is 3.24. The molecule has 1 fully saturated rings. The van der Waals surface area contributed by atoms with Crippen LogP contribution in [0.2, 0.25) is 0 Å². The van der Waals surface area contributed by atoms with Crippen molar-refractivity contribution in [2.75, 3.05) is 12.8 Å². The maximum Gasteiger partial charge on any atom is 0.273 e. The van der Waals surface area contributed by atoms with E-state index in [9.17, 15) is 13.2 Å². The maximum atomic E-state index is 12.1. The van der Waals surface area contributed by atoms with Gasteiger partial charge in [-0.25, -0.2) is 0 Å². The van der Waals surface area contributed by atoms with Gasteiger partial charge in [-0.15, -0.1) is 0 Å². The van der Waals surface area contributed by atoms with Crippen molar-refractivity contribution in [1.29, 1.82) is 5.41 Å². The van der Waals surface area contributed by atoms with Crippen LogP contribution in [0, 0.1) is 11.3 Å². The molecule has 1 saturated heterocycles. The molecule has 0 aromatic carbocycles. The van der Waals surface area contributed by atoms with Gasteiger partial charge in [0, 0.05) is 12.5 Å². The number of rotatable bonds is 1. The Morgan fingerprint density at radius 1 is 1.46 bits per heavy atom. The van der Waals surface area contributed by atoms with Crippen molar-refractivity contribution in [2.24, 2.45) is 11.7 Å². The van der Waals surface area contributed by atoms with Gasteiger partial charge in [-0.05, 0) is 30.9 Å². The Labute approximate surface area is 141 Å². The van der Waals surface area contributed by atoms with Crippen LogP contribution in [0.3, 0.4) is 0 Å². The Hall–Kier alpha value is -2.13. The van der Waals surface area contributed by atoms with Crippen molar-refractivity contribution in [2.45, 2.75) is 25.3 Å². The first-order valence-corrected chi connectivity index (χ1v) is 9.45. The first-order chi connectivity index (χ1) is 11.2. The van der Waals surface area contributed by atoms with Gasteiger partial charge in [0.1, 0.15) is 5.70 Å². The summed E-state index contributed by atoms with van der Waals surface area (Å²) >= 11 is 0. The summed E-state index contributed by atoms with van der Waals surface area (Å²) in [4.78, 5) is 14.3. The standard InChI is InChI=1S/C14H18N4O.CH4O3S/c15-14(16)17-13(19)11-8-10-6-3-5-9-4-1-2-7-18(11)12(9)10;1-5(2,3)4/h3,5-6,8,10,12H,1-2,4,7H2,(H4,15,16,17,19);1H3,(H,2,3,4). The summed E-state index contributed by atoms with van der Waals surface area (Å²) in [5.74, 6) is -0.302. The third-order valence-electron chi connectivity index (χ3n) is 3.98. The van der Waals surface area contributed by atoms with Crippen LogP contribution < -0.4 is 11.1 Å². The highest BCUT2D eigenvalue weighted by atomic mass is 32.2. The van der Waals surface area contributed by atoms with Gasteiger partial charge in [-0.2, -0.15) is 8.42 Å². The Kier molecular flexibility index (Phi) is 5.45. The number of nitrogens with two attached hydrogens (primary N) is 1. The second kappa shape index (κ2) is 7.18. The number of allylic oxidation sites excluding steroid dienone is 2. The van der Waals surface area contributed by atoms with Crippen LogP contribution in [-0.2, 0) is 14.9 Å². The minimum absolute atomic E-state index is 0.267. The summed E-state index contributed by atoms with van der Waals surface area (Å²) in [7, 11) is -3.67. The maximum absolute atomic E-state index is 12.1. The molecule has 24 heavy (non-hydrogen) atoms. The number of nitrogens with zero attached hydrogens (tertiary/aromatic N) is 1. The molecule has 0 saturated carbocycles. The zero-order valence-electron chi connectivity index (χ0n) is 13.4. The molecule has 3 rings (SSSR count). The molecule has 132 valence electrons. The van der Waals surface area contributed by atoms with Gasteiger partial charge in [0.2, 0.25) is 0 Å². The van der Waals surface area contributed by atoms with Crippen LogP contribution in [0.15, 0.2) is 35.6 Å². The second-order valence-corrected chi connectivity index (χ2v) is 7.42. The predicted octanol–water partition coefficient (Wildman–Crippen LogP) is 0.364. The molecule has 0 aromatic heterocycles. The van der Waals surface area contributed by atoms with Crippen molar-refractivity contribution in [3.05, 3.63) is 35.6 Å². The Bertz CT molecular complexity index is 716. The van der Waals surface area contributed by atoms with Gasteiger partial charge < -0.3 is 10.6 Å². The molecule has 0 aromatic rings. The smallest absolute Gasteiger partial charge is 0.273 e. The lowest BCUT2D eigenvalue weighted by Gasteiger charge is -2.32. The Balaban J connectivity index is 0.000000368. The van der Waals surface area contributed by atoms with Crippen molar-refractivity contribution >= 4 is 22.0 Å². The van der Waals surface area contributed by atoms with Gasteiger partial charge in [-0.1, -0.05) is 18.2 Å². The summed E-state index contributed by atoms with van der Waals surface area (Å²) in [5.41, 5.74) is 7.31. The Morgan fingerprint density at radius 2 is 2.12 bits per heavy atom. The van der Waals surface area contributed by atoms with E-state index < -0.39 is 10.1 Å². The van der Waals surface area contributed by atoms with Crippen LogP contribution in [0.5, 0.6) is 0 Å². The summed E-state index contributed by atoms with van der Waals surface area (Å²) < 4.78 is 25.9. The van der Waals surface area contributed by atoms with E-state index in [0.29, 0.717) is 18.0 Å². The van der Waals surface area contributed by atoms with Crippen molar-refractivity contribution in [3.63, 3.8) is 0 Å². The van der Waals surface area contributed by atoms with E-state index in [1.54, 1.807) is 0 Å². The number of guanidine groups is 1. The molecule has 5 N–H and O–H groups in total.